The summed E-state index contributed by atoms with van der Waals surface area (Å²) in [7, 11) is 0. The Labute approximate surface area is 89.8 Å². The number of nitrogens with one attached hydrogen (secondary N) is 1. The van der Waals surface area contributed by atoms with Crippen molar-refractivity contribution in [3.8, 4) is 0 Å². The molecule has 0 aliphatic heterocycles. The van der Waals surface area contributed by atoms with Crippen LogP contribution < -0.4 is 5.32 Å². The van der Waals surface area contributed by atoms with Crippen molar-refractivity contribution >= 4 is 11.3 Å². The van der Waals surface area contributed by atoms with E-state index in [1.54, 1.807) is 11.3 Å². The zero-order valence-corrected chi connectivity index (χ0v) is 9.52. The van der Waals surface area contributed by atoms with Gasteiger partial charge in [0.2, 0.25) is 0 Å². The molecule has 0 spiro atoms. The minimum atomic E-state index is 0.915. The van der Waals surface area contributed by atoms with E-state index in [1.165, 1.54) is 30.7 Å². The first-order valence-corrected chi connectivity index (χ1v) is 6.30. The van der Waals surface area contributed by atoms with Crippen molar-refractivity contribution in [1.82, 2.24) is 10.3 Å². The first kappa shape index (κ1) is 10.1. The molecule has 1 aliphatic carbocycles. The fraction of sp³-hybridized carbons (Fsp3) is 0.727. The van der Waals surface area contributed by atoms with E-state index in [-0.39, 0.29) is 0 Å². The van der Waals surface area contributed by atoms with Crippen molar-refractivity contribution in [1.29, 1.82) is 0 Å². The minimum absolute atomic E-state index is 0.915. The zero-order valence-electron chi connectivity index (χ0n) is 8.70. The molecule has 0 saturated heterocycles. The van der Waals surface area contributed by atoms with Crippen molar-refractivity contribution in [2.45, 2.75) is 32.7 Å². The van der Waals surface area contributed by atoms with Crippen molar-refractivity contribution in [2.24, 2.45) is 11.8 Å². The van der Waals surface area contributed by atoms with Crippen molar-refractivity contribution in [3.63, 3.8) is 0 Å². The molecule has 1 N–H and O–H groups in total. The van der Waals surface area contributed by atoms with E-state index in [0.717, 1.165) is 18.4 Å². The number of rotatable bonds is 4. The van der Waals surface area contributed by atoms with Crippen molar-refractivity contribution in [2.75, 3.05) is 6.54 Å². The van der Waals surface area contributed by atoms with E-state index in [4.69, 9.17) is 0 Å². The third kappa shape index (κ3) is 2.79. The van der Waals surface area contributed by atoms with Crippen molar-refractivity contribution in [3.05, 3.63) is 16.6 Å². The Kier molecular flexibility index (Phi) is 3.54. The predicted octanol–water partition coefficient (Wildman–Crippen LogP) is 2.67. The highest BCUT2D eigenvalue weighted by atomic mass is 32.1. The molecule has 78 valence electrons. The van der Waals surface area contributed by atoms with Gasteiger partial charge in [0.1, 0.15) is 0 Å². The molecule has 0 aromatic carbocycles. The van der Waals surface area contributed by atoms with Crippen LogP contribution in [0, 0.1) is 11.8 Å². The lowest BCUT2D eigenvalue weighted by molar-refractivity contribution is 0.472. The highest BCUT2D eigenvalue weighted by Crippen LogP contribution is 2.29. The molecule has 0 radical (unpaired) electrons. The van der Waals surface area contributed by atoms with E-state index < -0.39 is 0 Å². The number of hydrogen-bond acceptors (Lipinski definition) is 3. The van der Waals surface area contributed by atoms with E-state index in [0.29, 0.717) is 0 Å². The molecule has 2 nitrogen and oxygen atoms in total. The molecular weight excluding hydrogens is 192 g/mol. The van der Waals surface area contributed by atoms with Crippen molar-refractivity contribution < 1.29 is 0 Å². The van der Waals surface area contributed by atoms with Gasteiger partial charge in [0.15, 0.2) is 0 Å². The highest BCUT2D eigenvalue weighted by molar-refractivity contribution is 7.09. The van der Waals surface area contributed by atoms with Gasteiger partial charge in [-0.05, 0) is 31.2 Å². The van der Waals surface area contributed by atoms with Gasteiger partial charge in [-0.3, -0.25) is 4.98 Å². The first-order chi connectivity index (χ1) is 6.84. The molecule has 2 atom stereocenters. The molecule has 1 aromatic rings. The summed E-state index contributed by atoms with van der Waals surface area (Å²) in [5.41, 5.74) is 1.90. The van der Waals surface area contributed by atoms with E-state index in [1.807, 2.05) is 11.7 Å². The lowest BCUT2D eigenvalue weighted by Gasteiger charge is -2.09. The number of hydrogen-bond donors (Lipinski definition) is 1. The second-order valence-electron chi connectivity index (χ2n) is 4.38. The SMILES string of the molecule is CC1CCC(CNCc2cncs2)C1. The average molecular weight is 210 g/mol. The molecule has 1 heterocycles. The van der Waals surface area contributed by atoms with Crippen LogP contribution in [0.15, 0.2) is 11.7 Å². The average Bonchev–Trinajstić information content (AvgIpc) is 2.77. The summed E-state index contributed by atoms with van der Waals surface area (Å²) in [6.07, 6.45) is 6.20. The molecule has 1 saturated carbocycles. The Morgan fingerprint density at radius 1 is 1.57 bits per heavy atom. The fourth-order valence-electron chi connectivity index (χ4n) is 2.24. The molecular formula is C11H18N2S. The summed E-state index contributed by atoms with van der Waals surface area (Å²) in [5, 5.41) is 3.52. The maximum atomic E-state index is 4.06. The van der Waals surface area contributed by atoms with Crippen LogP contribution in [0.25, 0.3) is 0 Å². The Morgan fingerprint density at radius 2 is 2.50 bits per heavy atom. The normalized spacial score (nSPS) is 26.9. The molecule has 0 amide bonds. The highest BCUT2D eigenvalue weighted by Gasteiger charge is 2.20. The van der Waals surface area contributed by atoms with Crippen LogP contribution in [0.1, 0.15) is 31.1 Å². The summed E-state index contributed by atoms with van der Waals surface area (Å²) in [4.78, 5) is 5.41. The van der Waals surface area contributed by atoms with Crippen LogP contribution in [0.4, 0.5) is 0 Å². The third-order valence-corrected chi connectivity index (χ3v) is 3.80. The Hall–Kier alpha value is -0.410. The van der Waals surface area contributed by atoms with Crippen LogP contribution in [0.5, 0.6) is 0 Å². The summed E-state index contributed by atoms with van der Waals surface area (Å²) < 4.78 is 0. The van der Waals surface area contributed by atoms with Gasteiger partial charge in [0.05, 0.1) is 5.51 Å². The van der Waals surface area contributed by atoms with Gasteiger partial charge in [0, 0.05) is 17.6 Å². The number of thiazole rings is 1. The van der Waals surface area contributed by atoms with Crippen LogP contribution in [-0.2, 0) is 6.54 Å². The topological polar surface area (TPSA) is 24.9 Å². The van der Waals surface area contributed by atoms with Crippen LogP contribution >= 0.6 is 11.3 Å². The van der Waals surface area contributed by atoms with Gasteiger partial charge in [-0.1, -0.05) is 13.3 Å². The van der Waals surface area contributed by atoms with Gasteiger partial charge in [0.25, 0.3) is 0 Å². The summed E-state index contributed by atoms with van der Waals surface area (Å²) in [5.74, 6) is 1.86. The van der Waals surface area contributed by atoms with Gasteiger partial charge >= 0.3 is 0 Å². The van der Waals surface area contributed by atoms with Gasteiger partial charge in [-0.2, -0.15) is 0 Å². The van der Waals surface area contributed by atoms with E-state index in [9.17, 15) is 0 Å². The van der Waals surface area contributed by atoms with E-state index in [2.05, 4.69) is 17.2 Å². The van der Waals surface area contributed by atoms with Gasteiger partial charge in [-0.15, -0.1) is 11.3 Å². The van der Waals surface area contributed by atoms with Gasteiger partial charge in [-0.25, -0.2) is 0 Å². The molecule has 2 rings (SSSR count). The second kappa shape index (κ2) is 4.89. The quantitative estimate of drug-likeness (QED) is 0.826. The molecule has 2 unspecified atom stereocenters. The molecule has 14 heavy (non-hydrogen) atoms. The largest absolute Gasteiger partial charge is 0.312 e. The predicted molar refractivity (Wildman–Crippen MR) is 60.3 cm³/mol. The van der Waals surface area contributed by atoms with Crippen LogP contribution in [0.3, 0.4) is 0 Å². The number of aromatic nitrogens is 1. The summed E-state index contributed by atoms with van der Waals surface area (Å²) >= 11 is 1.73. The fourth-order valence-corrected chi connectivity index (χ4v) is 2.80. The van der Waals surface area contributed by atoms with Crippen LogP contribution in [0.2, 0.25) is 0 Å². The Bertz CT molecular complexity index is 258. The summed E-state index contributed by atoms with van der Waals surface area (Å²) in [6.45, 7) is 4.54. The molecule has 3 heteroatoms. The summed E-state index contributed by atoms with van der Waals surface area (Å²) in [6, 6.07) is 0. The maximum Gasteiger partial charge on any atom is 0.0794 e. The van der Waals surface area contributed by atoms with E-state index >= 15 is 0 Å². The zero-order chi connectivity index (χ0) is 9.80. The molecule has 1 aliphatic rings. The maximum absolute atomic E-state index is 4.06. The molecule has 1 aromatic heterocycles. The standard InChI is InChI=1S/C11H18N2S/c1-9-2-3-10(4-9)5-12-6-11-7-13-8-14-11/h7-10,12H,2-6H2,1H3. The third-order valence-electron chi connectivity index (χ3n) is 3.02. The molecule has 0 bridgehead atoms. The minimum Gasteiger partial charge on any atom is -0.312 e. The smallest absolute Gasteiger partial charge is 0.0794 e. The lowest BCUT2D eigenvalue weighted by Crippen LogP contribution is -2.20. The lowest BCUT2D eigenvalue weighted by atomic mass is 10.1. The van der Waals surface area contributed by atoms with Crippen LogP contribution in [-0.4, -0.2) is 11.5 Å². The first-order valence-electron chi connectivity index (χ1n) is 5.42. The number of nitrogens with zero attached hydrogens (tertiary/aromatic N) is 1. The monoisotopic (exact) mass is 210 g/mol. The Balaban J connectivity index is 1.64. The second-order valence-corrected chi connectivity index (χ2v) is 5.35. The van der Waals surface area contributed by atoms with Gasteiger partial charge < -0.3 is 5.32 Å². The molecule has 1 fully saturated rings. The Morgan fingerprint density at radius 3 is 3.14 bits per heavy atom.